The first-order chi connectivity index (χ1) is 10.4. The predicted molar refractivity (Wildman–Crippen MR) is 84.6 cm³/mol. The number of halogens is 1. The molecule has 0 bridgehead atoms. The van der Waals surface area contributed by atoms with E-state index in [1.807, 2.05) is 32.0 Å². The van der Waals surface area contributed by atoms with E-state index in [-0.39, 0.29) is 18.4 Å². The summed E-state index contributed by atoms with van der Waals surface area (Å²) in [5.41, 5.74) is 2.96. The van der Waals surface area contributed by atoms with Crippen LogP contribution in [0.15, 0.2) is 18.2 Å². The first-order valence-corrected chi connectivity index (χ1v) is 7.35. The van der Waals surface area contributed by atoms with Crippen molar-refractivity contribution < 1.29 is 14.3 Å². The second kappa shape index (κ2) is 6.83. The van der Waals surface area contributed by atoms with Crippen LogP contribution in [0.1, 0.15) is 27.2 Å². The zero-order chi connectivity index (χ0) is 16.3. The molecule has 0 spiro atoms. The molecule has 118 valence electrons. The molecular formula is C16H19ClN2O3. The van der Waals surface area contributed by atoms with Gasteiger partial charge in [-0.3, -0.25) is 4.68 Å². The van der Waals surface area contributed by atoms with Gasteiger partial charge in [-0.2, -0.15) is 5.10 Å². The molecule has 0 aliphatic heterocycles. The fourth-order valence-corrected chi connectivity index (χ4v) is 2.49. The minimum atomic E-state index is -0.485. The summed E-state index contributed by atoms with van der Waals surface area (Å²) < 4.78 is 12.3. The quantitative estimate of drug-likeness (QED) is 0.626. The Bertz CT molecular complexity index is 675. The van der Waals surface area contributed by atoms with E-state index in [9.17, 15) is 4.79 Å². The number of nitrogens with zero attached hydrogens (tertiary/aromatic N) is 2. The highest BCUT2D eigenvalue weighted by Gasteiger charge is 2.20. The van der Waals surface area contributed by atoms with Crippen LogP contribution in [0.5, 0.6) is 5.75 Å². The van der Waals surface area contributed by atoms with Crippen molar-refractivity contribution in [2.45, 2.75) is 20.8 Å². The van der Waals surface area contributed by atoms with Gasteiger partial charge in [0.05, 0.1) is 5.69 Å². The average molecular weight is 323 g/mol. The molecule has 0 fully saturated rings. The monoisotopic (exact) mass is 322 g/mol. The number of aromatic nitrogens is 2. The van der Waals surface area contributed by atoms with Gasteiger partial charge in [-0.05, 0) is 31.9 Å². The molecule has 5 nitrogen and oxygen atoms in total. The molecule has 0 radical (unpaired) electrons. The van der Waals surface area contributed by atoms with Crippen LogP contribution in [0.2, 0.25) is 5.15 Å². The van der Waals surface area contributed by atoms with E-state index in [0.29, 0.717) is 11.3 Å². The lowest BCUT2D eigenvalue weighted by atomic mass is 10.1. The third-order valence-electron chi connectivity index (χ3n) is 3.33. The Morgan fingerprint density at radius 1 is 1.23 bits per heavy atom. The highest BCUT2D eigenvalue weighted by Crippen LogP contribution is 2.22. The zero-order valence-corrected chi connectivity index (χ0v) is 13.9. The van der Waals surface area contributed by atoms with E-state index in [1.54, 1.807) is 14.0 Å². The van der Waals surface area contributed by atoms with Gasteiger partial charge in [-0.25, -0.2) is 4.79 Å². The molecule has 2 aromatic rings. The van der Waals surface area contributed by atoms with Crippen molar-refractivity contribution in [3.05, 3.63) is 45.7 Å². The summed E-state index contributed by atoms with van der Waals surface area (Å²) >= 11 is 6.03. The molecule has 1 heterocycles. The van der Waals surface area contributed by atoms with Crippen molar-refractivity contribution >= 4 is 17.6 Å². The molecule has 0 N–H and O–H groups in total. The standard InChI is InChI=1S/C16H19ClN2O3/c1-10-6-5-7-11(2)14(10)21-8-9-22-16(20)13-12(3)18-19(4)15(13)17/h5-7H,8-9H2,1-4H3. The normalized spacial score (nSPS) is 10.6. The minimum absolute atomic E-state index is 0.150. The Kier molecular flexibility index (Phi) is 5.08. The average Bonchev–Trinajstić information content (AvgIpc) is 2.70. The summed E-state index contributed by atoms with van der Waals surface area (Å²) in [6.45, 7) is 6.11. The van der Waals surface area contributed by atoms with E-state index in [2.05, 4.69) is 5.10 Å². The van der Waals surface area contributed by atoms with Crippen molar-refractivity contribution in [1.82, 2.24) is 9.78 Å². The van der Waals surface area contributed by atoms with E-state index in [1.165, 1.54) is 4.68 Å². The number of hydrogen-bond donors (Lipinski definition) is 0. The SMILES string of the molecule is Cc1cccc(C)c1OCCOC(=O)c1c(C)nn(C)c1Cl. The predicted octanol–water partition coefficient (Wildman–Crippen LogP) is 3.23. The number of para-hydroxylation sites is 1. The lowest BCUT2D eigenvalue weighted by Crippen LogP contribution is -2.13. The summed E-state index contributed by atoms with van der Waals surface area (Å²) in [5, 5.41) is 4.36. The molecule has 0 aliphatic carbocycles. The molecule has 0 saturated carbocycles. The van der Waals surface area contributed by atoms with Gasteiger partial charge in [-0.15, -0.1) is 0 Å². The highest BCUT2D eigenvalue weighted by atomic mass is 35.5. The molecule has 2 rings (SSSR count). The second-order valence-corrected chi connectivity index (χ2v) is 5.44. The first kappa shape index (κ1) is 16.4. The van der Waals surface area contributed by atoms with E-state index >= 15 is 0 Å². The summed E-state index contributed by atoms with van der Waals surface area (Å²) in [7, 11) is 1.68. The largest absolute Gasteiger partial charge is 0.489 e. The number of carbonyl (C=O) groups is 1. The van der Waals surface area contributed by atoms with Gasteiger partial charge in [-0.1, -0.05) is 29.8 Å². The van der Waals surface area contributed by atoms with Crippen LogP contribution in [-0.4, -0.2) is 29.0 Å². The van der Waals surface area contributed by atoms with E-state index in [0.717, 1.165) is 16.9 Å². The lowest BCUT2D eigenvalue weighted by Gasteiger charge is -2.12. The second-order valence-electron chi connectivity index (χ2n) is 5.08. The maximum absolute atomic E-state index is 12.0. The molecule has 1 aromatic carbocycles. The van der Waals surface area contributed by atoms with Crippen molar-refractivity contribution in [2.75, 3.05) is 13.2 Å². The molecule has 0 saturated heterocycles. The van der Waals surface area contributed by atoms with Crippen LogP contribution in [0.25, 0.3) is 0 Å². The summed E-state index contributed by atoms with van der Waals surface area (Å²) in [6.07, 6.45) is 0. The van der Waals surface area contributed by atoms with Crippen molar-refractivity contribution in [2.24, 2.45) is 7.05 Å². The Morgan fingerprint density at radius 3 is 2.41 bits per heavy atom. The molecule has 22 heavy (non-hydrogen) atoms. The van der Waals surface area contributed by atoms with Crippen molar-refractivity contribution in [1.29, 1.82) is 0 Å². The Hall–Kier alpha value is -2.01. The van der Waals surface area contributed by atoms with Gasteiger partial charge in [0.25, 0.3) is 0 Å². The molecule has 1 aromatic heterocycles. The lowest BCUT2D eigenvalue weighted by molar-refractivity contribution is 0.0449. The third kappa shape index (κ3) is 3.42. The fraction of sp³-hybridized carbons (Fsp3) is 0.375. The summed E-state index contributed by atoms with van der Waals surface area (Å²) in [4.78, 5) is 12.0. The molecule has 0 amide bonds. The number of hydrogen-bond acceptors (Lipinski definition) is 4. The Labute approximate surface area is 134 Å². The van der Waals surface area contributed by atoms with E-state index < -0.39 is 5.97 Å². The number of rotatable bonds is 5. The molecule has 0 atom stereocenters. The topological polar surface area (TPSA) is 53.4 Å². The number of ether oxygens (including phenoxy) is 2. The number of benzene rings is 1. The fourth-order valence-electron chi connectivity index (χ4n) is 2.24. The highest BCUT2D eigenvalue weighted by molar-refractivity contribution is 6.32. The van der Waals surface area contributed by atoms with Crippen LogP contribution in [0.4, 0.5) is 0 Å². The van der Waals surface area contributed by atoms with Crippen LogP contribution < -0.4 is 4.74 Å². The molecule has 6 heteroatoms. The number of aryl methyl sites for hydroxylation is 4. The summed E-state index contributed by atoms with van der Waals surface area (Å²) in [6, 6.07) is 5.94. The van der Waals surface area contributed by atoms with Gasteiger partial charge in [0.1, 0.15) is 29.7 Å². The van der Waals surface area contributed by atoms with Gasteiger partial charge in [0.2, 0.25) is 0 Å². The van der Waals surface area contributed by atoms with Gasteiger partial charge >= 0.3 is 5.97 Å². The number of esters is 1. The van der Waals surface area contributed by atoms with Crippen molar-refractivity contribution in [3.8, 4) is 5.75 Å². The van der Waals surface area contributed by atoms with Crippen LogP contribution in [-0.2, 0) is 11.8 Å². The minimum Gasteiger partial charge on any atom is -0.489 e. The molecular weight excluding hydrogens is 304 g/mol. The van der Waals surface area contributed by atoms with Gasteiger partial charge < -0.3 is 9.47 Å². The molecule has 0 aliphatic rings. The van der Waals surface area contributed by atoms with Crippen LogP contribution in [0.3, 0.4) is 0 Å². The van der Waals surface area contributed by atoms with Gasteiger partial charge in [0.15, 0.2) is 0 Å². The van der Waals surface area contributed by atoms with Crippen molar-refractivity contribution in [3.63, 3.8) is 0 Å². The first-order valence-electron chi connectivity index (χ1n) is 6.97. The maximum atomic E-state index is 12.0. The van der Waals surface area contributed by atoms with Gasteiger partial charge in [0, 0.05) is 7.05 Å². The summed E-state index contributed by atoms with van der Waals surface area (Å²) in [5.74, 6) is 0.342. The maximum Gasteiger partial charge on any atom is 0.343 e. The van der Waals surface area contributed by atoms with Crippen LogP contribution >= 0.6 is 11.6 Å². The Balaban J connectivity index is 1.90. The third-order valence-corrected chi connectivity index (χ3v) is 3.76. The van der Waals surface area contributed by atoms with Crippen LogP contribution in [0, 0.1) is 20.8 Å². The smallest absolute Gasteiger partial charge is 0.343 e. The Morgan fingerprint density at radius 2 is 1.86 bits per heavy atom. The van der Waals surface area contributed by atoms with E-state index in [4.69, 9.17) is 21.1 Å². The molecule has 0 unspecified atom stereocenters. The number of carbonyl (C=O) groups excluding carboxylic acids is 1. The zero-order valence-electron chi connectivity index (χ0n) is 13.1.